The predicted molar refractivity (Wildman–Crippen MR) is 117 cm³/mol. The van der Waals surface area contributed by atoms with Crippen LogP contribution in [0.5, 0.6) is 0 Å². The molecule has 3 aliphatic heterocycles. The predicted octanol–water partition coefficient (Wildman–Crippen LogP) is 2.26. The van der Waals surface area contributed by atoms with Gasteiger partial charge in [-0.3, -0.25) is 9.59 Å². The smallest absolute Gasteiger partial charge is 0.392 e. The molecule has 1 aromatic rings. The lowest BCUT2D eigenvalue weighted by atomic mass is 9.62. The molecule has 2 atom stereocenters. The number of aliphatic hydroxyl groups excluding tert-OH is 1. The van der Waals surface area contributed by atoms with E-state index in [-0.39, 0.29) is 43.9 Å². The summed E-state index contributed by atoms with van der Waals surface area (Å²) in [6.07, 6.45) is -4.53. The quantitative estimate of drug-likeness (QED) is 0.572. The highest BCUT2D eigenvalue weighted by molar-refractivity contribution is 5.89. The van der Waals surface area contributed by atoms with Crippen molar-refractivity contribution in [2.45, 2.75) is 81.0 Å². The number of carbonyl (C=O) groups excluding carboxylic acids is 2. The minimum Gasteiger partial charge on any atom is -0.392 e. The van der Waals surface area contributed by atoms with Crippen molar-refractivity contribution >= 4 is 11.8 Å². The van der Waals surface area contributed by atoms with Gasteiger partial charge in [0, 0.05) is 51.0 Å². The van der Waals surface area contributed by atoms with E-state index >= 15 is 0 Å². The fourth-order valence-electron chi connectivity index (χ4n) is 5.97. The highest BCUT2D eigenvalue weighted by Gasteiger charge is 2.60. The number of aromatic nitrogens is 2. The highest BCUT2D eigenvalue weighted by Crippen LogP contribution is 2.49. The summed E-state index contributed by atoms with van der Waals surface area (Å²) in [7, 11) is 0. The molecule has 1 aliphatic carbocycles. The Morgan fingerprint density at radius 2 is 1.62 bits per heavy atom. The first kappa shape index (κ1) is 26.3. The van der Waals surface area contributed by atoms with Crippen molar-refractivity contribution in [1.29, 1.82) is 0 Å². The van der Waals surface area contributed by atoms with Crippen LogP contribution in [0.3, 0.4) is 0 Å². The molecule has 4 heterocycles. The van der Waals surface area contributed by atoms with Crippen LogP contribution in [0, 0.1) is 5.41 Å². The Labute approximate surface area is 209 Å². The van der Waals surface area contributed by atoms with Crippen molar-refractivity contribution < 1.29 is 41.2 Å². The molecule has 14 heteroatoms. The third-order valence-corrected chi connectivity index (χ3v) is 8.80. The summed E-state index contributed by atoms with van der Waals surface area (Å²) in [5.74, 6) is -5.50. The standard InChI is InChI=1S/C23H30F5N5O4/c24-22(25)6-10-33(11-7-22)18(36)16-30-19(31-37-16)21(23(26,27)28)4-8-32(9-5-21)17(35)14-12-15(34)20(13-29-14)2-1-3-20/h14-15,29,34H,1-13H2/t14-,15+/m0/s1. The number of amides is 2. The second kappa shape index (κ2) is 9.14. The molecule has 5 rings (SSSR count). The van der Waals surface area contributed by atoms with E-state index in [9.17, 15) is 36.6 Å². The Morgan fingerprint density at radius 3 is 2.16 bits per heavy atom. The minimum absolute atomic E-state index is 0.201. The Kier molecular flexibility index (Phi) is 6.49. The first-order chi connectivity index (χ1) is 17.4. The number of rotatable bonds is 3. The number of carbonyl (C=O) groups is 2. The van der Waals surface area contributed by atoms with E-state index < -0.39 is 73.0 Å². The van der Waals surface area contributed by atoms with Gasteiger partial charge in [-0.05, 0) is 32.1 Å². The van der Waals surface area contributed by atoms with Gasteiger partial charge in [0.15, 0.2) is 5.82 Å². The number of hydrogen-bond acceptors (Lipinski definition) is 7. The molecule has 37 heavy (non-hydrogen) atoms. The molecule has 0 aromatic carbocycles. The third kappa shape index (κ3) is 4.59. The van der Waals surface area contributed by atoms with Gasteiger partial charge >= 0.3 is 18.0 Å². The molecule has 1 spiro atoms. The summed E-state index contributed by atoms with van der Waals surface area (Å²) < 4.78 is 74.7. The average molecular weight is 536 g/mol. The van der Waals surface area contributed by atoms with Gasteiger partial charge in [-0.2, -0.15) is 18.2 Å². The Bertz CT molecular complexity index is 1020. The first-order valence-electron chi connectivity index (χ1n) is 12.6. The second-order valence-electron chi connectivity index (χ2n) is 10.9. The number of likely N-dealkylation sites (tertiary alicyclic amines) is 2. The molecule has 206 valence electrons. The molecule has 1 aromatic heterocycles. The highest BCUT2D eigenvalue weighted by atomic mass is 19.4. The van der Waals surface area contributed by atoms with Crippen molar-refractivity contribution in [2.24, 2.45) is 5.41 Å². The molecule has 2 amide bonds. The van der Waals surface area contributed by atoms with E-state index in [1.54, 1.807) is 0 Å². The van der Waals surface area contributed by atoms with E-state index in [4.69, 9.17) is 4.52 Å². The van der Waals surface area contributed by atoms with E-state index in [0.29, 0.717) is 6.54 Å². The lowest BCUT2D eigenvalue weighted by Gasteiger charge is -2.51. The normalized spacial score (nSPS) is 29.1. The van der Waals surface area contributed by atoms with E-state index in [2.05, 4.69) is 15.5 Å². The molecule has 2 N–H and O–H groups in total. The zero-order chi connectivity index (χ0) is 26.6. The van der Waals surface area contributed by atoms with Gasteiger partial charge in [-0.1, -0.05) is 11.6 Å². The zero-order valence-corrected chi connectivity index (χ0v) is 20.2. The maximum atomic E-state index is 14.3. The van der Waals surface area contributed by atoms with Gasteiger partial charge < -0.3 is 24.7 Å². The van der Waals surface area contributed by atoms with Crippen LogP contribution < -0.4 is 5.32 Å². The van der Waals surface area contributed by atoms with Gasteiger partial charge in [0.05, 0.1) is 12.1 Å². The van der Waals surface area contributed by atoms with Crippen molar-refractivity contribution in [3.05, 3.63) is 11.7 Å². The van der Waals surface area contributed by atoms with Crippen LogP contribution in [0.25, 0.3) is 0 Å². The third-order valence-electron chi connectivity index (χ3n) is 8.80. The summed E-state index contributed by atoms with van der Waals surface area (Å²) in [5, 5.41) is 17.2. The van der Waals surface area contributed by atoms with Gasteiger partial charge in [-0.25, -0.2) is 8.78 Å². The number of aliphatic hydroxyl groups is 1. The van der Waals surface area contributed by atoms with Gasteiger partial charge in [0.2, 0.25) is 5.91 Å². The molecule has 0 unspecified atom stereocenters. The van der Waals surface area contributed by atoms with Crippen LogP contribution in [-0.2, 0) is 10.2 Å². The SMILES string of the molecule is O=C(c1nc(C2(C(F)(F)F)CCN(C(=O)[C@@H]3C[C@@H](O)C4(CCC4)CN3)CC2)no1)N1CCC(F)(F)CC1. The van der Waals surface area contributed by atoms with Gasteiger partial charge in [-0.15, -0.1) is 0 Å². The number of hydrogen-bond donors (Lipinski definition) is 2. The second-order valence-corrected chi connectivity index (χ2v) is 10.9. The van der Waals surface area contributed by atoms with Crippen LogP contribution in [0.1, 0.15) is 67.9 Å². The first-order valence-corrected chi connectivity index (χ1v) is 12.6. The van der Waals surface area contributed by atoms with Crippen LogP contribution in [-0.4, -0.2) is 93.8 Å². The fourth-order valence-corrected chi connectivity index (χ4v) is 5.97. The van der Waals surface area contributed by atoms with Crippen molar-refractivity contribution in [2.75, 3.05) is 32.7 Å². The van der Waals surface area contributed by atoms with Crippen LogP contribution in [0.4, 0.5) is 22.0 Å². The monoisotopic (exact) mass is 535 g/mol. The van der Waals surface area contributed by atoms with Gasteiger partial charge in [0.1, 0.15) is 5.41 Å². The topological polar surface area (TPSA) is 112 Å². The van der Waals surface area contributed by atoms with Crippen molar-refractivity contribution in [3.63, 3.8) is 0 Å². The largest absolute Gasteiger partial charge is 0.401 e. The molecular weight excluding hydrogens is 505 g/mol. The molecule has 3 saturated heterocycles. The van der Waals surface area contributed by atoms with Crippen LogP contribution in [0.15, 0.2) is 4.52 Å². The minimum atomic E-state index is -4.78. The summed E-state index contributed by atoms with van der Waals surface area (Å²) >= 11 is 0. The lowest BCUT2D eigenvalue weighted by molar-refractivity contribution is -0.206. The van der Waals surface area contributed by atoms with E-state index in [1.807, 2.05) is 0 Å². The molecule has 0 radical (unpaired) electrons. The zero-order valence-electron chi connectivity index (χ0n) is 20.2. The van der Waals surface area contributed by atoms with E-state index in [0.717, 1.165) is 24.2 Å². The summed E-state index contributed by atoms with van der Waals surface area (Å²) in [4.78, 5) is 31.8. The van der Waals surface area contributed by atoms with Gasteiger partial charge in [0.25, 0.3) is 5.92 Å². The Balaban J connectivity index is 1.25. The van der Waals surface area contributed by atoms with Crippen LogP contribution in [0.2, 0.25) is 0 Å². The summed E-state index contributed by atoms with van der Waals surface area (Å²) in [5.41, 5.74) is -2.72. The average Bonchev–Trinajstić information content (AvgIpc) is 3.32. The molecule has 1 saturated carbocycles. The maximum absolute atomic E-state index is 14.3. The van der Waals surface area contributed by atoms with Crippen molar-refractivity contribution in [3.8, 4) is 0 Å². The number of piperidine rings is 3. The number of nitrogens with zero attached hydrogens (tertiary/aromatic N) is 4. The maximum Gasteiger partial charge on any atom is 0.401 e. The van der Waals surface area contributed by atoms with Crippen LogP contribution >= 0.6 is 0 Å². The van der Waals surface area contributed by atoms with E-state index in [1.165, 1.54) is 4.90 Å². The summed E-state index contributed by atoms with van der Waals surface area (Å²) in [6, 6.07) is -0.661. The Hall–Kier alpha value is -2.35. The summed E-state index contributed by atoms with van der Waals surface area (Å²) in [6.45, 7) is -0.459. The molecule has 0 bridgehead atoms. The molecular formula is C23H30F5N5O4. The molecule has 4 fully saturated rings. The molecule has 9 nitrogen and oxygen atoms in total. The number of halogens is 5. The Morgan fingerprint density at radius 1 is 1.00 bits per heavy atom. The van der Waals surface area contributed by atoms with Crippen molar-refractivity contribution in [1.82, 2.24) is 25.3 Å². The lowest BCUT2D eigenvalue weighted by Crippen LogP contribution is -2.62. The number of nitrogens with one attached hydrogen (secondary N) is 1. The number of alkyl halides is 5. The fraction of sp³-hybridized carbons (Fsp3) is 0.826. The molecule has 4 aliphatic rings.